The van der Waals surface area contributed by atoms with Crippen molar-refractivity contribution in [2.24, 2.45) is 0 Å². The molecule has 0 amide bonds. The van der Waals surface area contributed by atoms with E-state index in [1.54, 1.807) is 25.1 Å². The third-order valence-electron chi connectivity index (χ3n) is 2.38. The molecule has 16 heavy (non-hydrogen) atoms. The van der Waals surface area contributed by atoms with E-state index in [0.717, 1.165) is 5.52 Å². The third kappa shape index (κ3) is 1.76. The van der Waals surface area contributed by atoms with E-state index in [1.807, 2.05) is 0 Å². The normalized spacial score (nSPS) is 11.9. The Hall–Kier alpha value is -1.20. The standard InChI is InChI=1S/C10H10ClNO3S/c1-6-10(16(11,13)14)8-5-7(15-2)3-4-9(8)12-6/h3-5,12H,1-2H3. The Morgan fingerprint density at radius 2 is 2.06 bits per heavy atom. The number of rotatable bonds is 2. The fourth-order valence-corrected chi connectivity index (χ4v) is 3.17. The van der Waals surface area contributed by atoms with Crippen LogP contribution in [0.25, 0.3) is 10.9 Å². The quantitative estimate of drug-likeness (QED) is 0.843. The van der Waals surface area contributed by atoms with Gasteiger partial charge in [0.1, 0.15) is 10.6 Å². The number of H-pyrrole nitrogens is 1. The summed E-state index contributed by atoms with van der Waals surface area (Å²) in [5.41, 5.74) is 1.25. The first-order valence-electron chi connectivity index (χ1n) is 4.54. The van der Waals surface area contributed by atoms with Crippen molar-refractivity contribution in [2.45, 2.75) is 11.8 Å². The van der Waals surface area contributed by atoms with E-state index >= 15 is 0 Å². The lowest BCUT2D eigenvalue weighted by Crippen LogP contribution is -1.91. The molecule has 0 atom stereocenters. The van der Waals surface area contributed by atoms with Crippen molar-refractivity contribution < 1.29 is 13.2 Å². The number of aryl methyl sites for hydroxylation is 1. The molecule has 0 radical (unpaired) electrons. The number of fused-ring (bicyclic) bond motifs is 1. The molecular weight excluding hydrogens is 250 g/mol. The lowest BCUT2D eigenvalue weighted by Gasteiger charge is -2.00. The van der Waals surface area contributed by atoms with E-state index in [1.165, 1.54) is 7.11 Å². The van der Waals surface area contributed by atoms with Crippen molar-refractivity contribution in [1.82, 2.24) is 4.98 Å². The third-order valence-corrected chi connectivity index (χ3v) is 3.85. The van der Waals surface area contributed by atoms with Crippen LogP contribution in [0.1, 0.15) is 5.69 Å². The van der Waals surface area contributed by atoms with Crippen LogP contribution in [0.2, 0.25) is 0 Å². The predicted octanol–water partition coefficient (Wildman–Crippen LogP) is 2.41. The second-order valence-electron chi connectivity index (χ2n) is 3.43. The first kappa shape index (κ1) is 11.3. The largest absolute Gasteiger partial charge is 0.497 e. The maximum absolute atomic E-state index is 11.4. The molecule has 0 saturated carbocycles. The van der Waals surface area contributed by atoms with E-state index in [2.05, 4.69) is 4.98 Å². The van der Waals surface area contributed by atoms with Crippen molar-refractivity contribution in [3.63, 3.8) is 0 Å². The highest BCUT2D eigenvalue weighted by atomic mass is 35.7. The molecule has 2 rings (SSSR count). The monoisotopic (exact) mass is 259 g/mol. The van der Waals surface area contributed by atoms with Gasteiger partial charge in [-0.25, -0.2) is 8.42 Å². The number of methoxy groups -OCH3 is 1. The summed E-state index contributed by atoms with van der Waals surface area (Å²) < 4.78 is 27.9. The van der Waals surface area contributed by atoms with Crippen molar-refractivity contribution in [1.29, 1.82) is 0 Å². The molecule has 0 unspecified atom stereocenters. The number of nitrogens with one attached hydrogen (secondary N) is 1. The zero-order valence-corrected chi connectivity index (χ0v) is 10.3. The smallest absolute Gasteiger partial charge is 0.263 e. The fourth-order valence-electron chi connectivity index (χ4n) is 1.72. The van der Waals surface area contributed by atoms with E-state index in [9.17, 15) is 8.42 Å². The average molecular weight is 260 g/mol. The lowest BCUT2D eigenvalue weighted by molar-refractivity contribution is 0.415. The van der Waals surface area contributed by atoms with Crippen LogP contribution in [0.3, 0.4) is 0 Å². The molecule has 0 aliphatic rings. The summed E-state index contributed by atoms with van der Waals surface area (Å²) in [7, 11) is 3.16. The number of aromatic amines is 1. The minimum Gasteiger partial charge on any atom is -0.497 e. The molecule has 0 fully saturated rings. The van der Waals surface area contributed by atoms with E-state index in [-0.39, 0.29) is 4.90 Å². The van der Waals surface area contributed by atoms with Crippen LogP contribution in [0, 0.1) is 6.92 Å². The minimum absolute atomic E-state index is 0.114. The minimum atomic E-state index is -3.76. The topological polar surface area (TPSA) is 59.2 Å². The zero-order chi connectivity index (χ0) is 11.9. The van der Waals surface area contributed by atoms with Crippen LogP contribution in [0.5, 0.6) is 5.75 Å². The number of benzene rings is 1. The molecule has 1 N–H and O–H groups in total. The van der Waals surface area contributed by atoms with E-state index in [0.29, 0.717) is 16.8 Å². The van der Waals surface area contributed by atoms with Gasteiger partial charge >= 0.3 is 0 Å². The number of ether oxygens (including phenoxy) is 1. The maximum atomic E-state index is 11.4. The summed E-state index contributed by atoms with van der Waals surface area (Å²) in [5, 5.41) is 0.548. The van der Waals surface area contributed by atoms with Crippen molar-refractivity contribution in [3.8, 4) is 5.75 Å². The highest BCUT2D eigenvalue weighted by molar-refractivity contribution is 8.14. The van der Waals surface area contributed by atoms with Gasteiger partial charge in [-0.1, -0.05) is 0 Å². The Morgan fingerprint density at radius 1 is 1.38 bits per heavy atom. The Labute approximate surface area is 97.6 Å². The number of hydrogen-bond acceptors (Lipinski definition) is 3. The van der Waals surface area contributed by atoms with Crippen LogP contribution >= 0.6 is 10.7 Å². The van der Waals surface area contributed by atoms with E-state index in [4.69, 9.17) is 15.4 Å². The molecule has 86 valence electrons. The second kappa shape index (κ2) is 3.68. The van der Waals surface area contributed by atoms with Crippen LogP contribution < -0.4 is 4.74 Å². The van der Waals surface area contributed by atoms with Gasteiger partial charge in [-0.05, 0) is 25.1 Å². The lowest BCUT2D eigenvalue weighted by atomic mass is 10.2. The summed E-state index contributed by atoms with van der Waals surface area (Å²) in [6.45, 7) is 1.67. The number of hydrogen-bond donors (Lipinski definition) is 1. The number of aromatic nitrogens is 1. The average Bonchev–Trinajstić information content (AvgIpc) is 2.51. The SMILES string of the molecule is COc1ccc2[nH]c(C)c(S(=O)(=O)Cl)c2c1. The predicted molar refractivity (Wildman–Crippen MR) is 62.6 cm³/mol. The first-order chi connectivity index (χ1) is 7.43. The van der Waals surface area contributed by atoms with E-state index < -0.39 is 9.05 Å². The van der Waals surface area contributed by atoms with Gasteiger partial charge in [-0.15, -0.1) is 0 Å². The van der Waals surface area contributed by atoms with Gasteiger partial charge in [-0.3, -0.25) is 0 Å². The maximum Gasteiger partial charge on any atom is 0.263 e. The van der Waals surface area contributed by atoms with Gasteiger partial charge in [-0.2, -0.15) is 0 Å². The second-order valence-corrected chi connectivity index (χ2v) is 5.93. The zero-order valence-electron chi connectivity index (χ0n) is 8.74. The molecule has 0 saturated heterocycles. The highest BCUT2D eigenvalue weighted by Crippen LogP contribution is 2.31. The molecule has 0 aliphatic carbocycles. The molecule has 0 aliphatic heterocycles. The summed E-state index contributed by atoms with van der Waals surface area (Å²) in [4.78, 5) is 3.08. The Kier molecular flexibility index (Phi) is 2.59. The molecule has 6 heteroatoms. The van der Waals surface area contributed by atoms with Crippen LogP contribution in [-0.2, 0) is 9.05 Å². The summed E-state index contributed by atoms with van der Waals surface area (Å²) in [5.74, 6) is 0.591. The van der Waals surface area contributed by atoms with Gasteiger partial charge < -0.3 is 9.72 Å². The van der Waals surface area contributed by atoms with Crippen LogP contribution in [0.4, 0.5) is 0 Å². The molecule has 4 nitrogen and oxygen atoms in total. The molecule has 1 aromatic heterocycles. The molecule has 1 aromatic carbocycles. The molecular formula is C10H10ClNO3S. The Balaban J connectivity index is 2.87. The molecule has 1 heterocycles. The molecule has 0 spiro atoms. The summed E-state index contributed by atoms with van der Waals surface area (Å²) in [6, 6.07) is 5.16. The van der Waals surface area contributed by atoms with Crippen molar-refractivity contribution in [3.05, 3.63) is 23.9 Å². The summed E-state index contributed by atoms with van der Waals surface area (Å²) >= 11 is 0. The van der Waals surface area contributed by atoms with Crippen LogP contribution in [0.15, 0.2) is 23.1 Å². The van der Waals surface area contributed by atoms with Gasteiger partial charge in [0, 0.05) is 27.3 Å². The summed E-state index contributed by atoms with van der Waals surface area (Å²) in [6.07, 6.45) is 0. The van der Waals surface area contributed by atoms with Gasteiger partial charge in [0.15, 0.2) is 0 Å². The van der Waals surface area contributed by atoms with Gasteiger partial charge in [0.25, 0.3) is 9.05 Å². The van der Waals surface area contributed by atoms with Crippen LogP contribution in [-0.4, -0.2) is 20.5 Å². The molecule has 2 aromatic rings. The Bertz CT molecular complexity index is 645. The first-order valence-corrected chi connectivity index (χ1v) is 6.85. The highest BCUT2D eigenvalue weighted by Gasteiger charge is 2.20. The van der Waals surface area contributed by atoms with Gasteiger partial charge in [0.05, 0.1) is 7.11 Å². The van der Waals surface area contributed by atoms with Crippen molar-refractivity contribution in [2.75, 3.05) is 7.11 Å². The fraction of sp³-hybridized carbons (Fsp3) is 0.200. The molecule has 0 bridgehead atoms. The number of halogens is 1. The Morgan fingerprint density at radius 3 is 2.62 bits per heavy atom. The van der Waals surface area contributed by atoms with Gasteiger partial charge in [0.2, 0.25) is 0 Å². The van der Waals surface area contributed by atoms with Crippen molar-refractivity contribution >= 4 is 30.6 Å².